The first-order valence-electron chi connectivity index (χ1n) is 8.13. The number of benzene rings is 1. The molecule has 2 bridgehead atoms. The van der Waals surface area contributed by atoms with E-state index in [1.165, 1.54) is 32.0 Å². The molecule has 0 radical (unpaired) electrons. The summed E-state index contributed by atoms with van der Waals surface area (Å²) in [6, 6.07) is 5.38. The van der Waals surface area contributed by atoms with E-state index in [4.69, 9.17) is 11.6 Å². The molecule has 1 amide bonds. The minimum Gasteiger partial charge on any atom is -0.324 e. The number of fused-ring (bicyclic) bond motifs is 2. The monoisotopic (exact) mass is 330 g/mol. The van der Waals surface area contributed by atoms with Gasteiger partial charge in [-0.05, 0) is 55.2 Å². The molecule has 4 rings (SSSR count). The van der Waals surface area contributed by atoms with E-state index in [0.717, 1.165) is 17.5 Å². The fourth-order valence-electron chi connectivity index (χ4n) is 4.21. The first-order chi connectivity index (χ1) is 11.2. The summed E-state index contributed by atoms with van der Waals surface area (Å²) >= 11 is 6.09. The fourth-order valence-corrected chi connectivity index (χ4v) is 4.38. The molecule has 1 heterocycles. The highest BCUT2D eigenvalue weighted by Crippen LogP contribution is 2.49. The number of carbonyl (C=O) groups is 1. The number of halogens is 1. The lowest BCUT2D eigenvalue weighted by atomic mass is 9.86. The van der Waals surface area contributed by atoms with Crippen molar-refractivity contribution in [3.8, 4) is 5.69 Å². The van der Waals surface area contributed by atoms with Crippen molar-refractivity contribution in [3.05, 3.63) is 35.9 Å². The van der Waals surface area contributed by atoms with Crippen LogP contribution in [0, 0.1) is 17.8 Å². The van der Waals surface area contributed by atoms with Crippen LogP contribution in [0.25, 0.3) is 5.69 Å². The van der Waals surface area contributed by atoms with E-state index in [-0.39, 0.29) is 5.91 Å². The van der Waals surface area contributed by atoms with Gasteiger partial charge in [0.15, 0.2) is 0 Å². The van der Waals surface area contributed by atoms with E-state index in [1.807, 2.05) is 6.07 Å². The number of nitrogens with one attached hydrogen (secondary N) is 1. The minimum absolute atomic E-state index is 0.0613. The molecule has 1 aromatic heterocycles. The maximum Gasteiger partial charge on any atom is 0.224 e. The van der Waals surface area contributed by atoms with Crippen LogP contribution in [0.5, 0.6) is 0 Å². The third kappa shape index (κ3) is 2.98. The van der Waals surface area contributed by atoms with Crippen LogP contribution >= 0.6 is 11.6 Å². The molecule has 2 fully saturated rings. The molecule has 0 saturated heterocycles. The molecule has 6 heteroatoms. The number of nitrogens with zero attached hydrogens (tertiary/aromatic N) is 3. The number of aromatic nitrogens is 3. The molecule has 23 heavy (non-hydrogen) atoms. The Hall–Kier alpha value is -1.88. The van der Waals surface area contributed by atoms with E-state index >= 15 is 0 Å². The highest BCUT2D eigenvalue weighted by molar-refractivity contribution is 6.31. The maximum atomic E-state index is 12.5. The number of hydrogen-bond donors (Lipinski definition) is 1. The molecule has 5 nitrogen and oxygen atoms in total. The van der Waals surface area contributed by atoms with E-state index < -0.39 is 0 Å². The average molecular weight is 331 g/mol. The summed E-state index contributed by atoms with van der Waals surface area (Å²) in [6.07, 6.45) is 8.86. The number of anilines is 1. The van der Waals surface area contributed by atoms with Crippen molar-refractivity contribution in [1.29, 1.82) is 0 Å². The third-order valence-corrected chi connectivity index (χ3v) is 5.47. The Labute approximate surface area is 140 Å². The van der Waals surface area contributed by atoms with Crippen LogP contribution in [-0.2, 0) is 4.79 Å². The Morgan fingerprint density at radius 3 is 2.96 bits per heavy atom. The van der Waals surface area contributed by atoms with Gasteiger partial charge in [-0.3, -0.25) is 4.79 Å². The van der Waals surface area contributed by atoms with Crippen molar-refractivity contribution in [2.45, 2.75) is 32.1 Å². The quantitative estimate of drug-likeness (QED) is 0.930. The molecule has 0 aliphatic heterocycles. The van der Waals surface area contributed by atoms with Gasteiger partial charge >= 0.3 is 0 Å². The van der Waals surface area contributed by atoms with Crippen molar-refractivity contribution < 1.29 is 4.79 Å². The van der Waals surface area contributed by atoms with Gasteiger partial charge in [0.25, 0.3) is 0 Å². The number of amides is 1. The minimum atomic E-state index is 0.0613. The first kappa shape index (κ1) is 14.7. The number of carbonyl (C=O) groups excluding carboxylic acids is 1. The topological polar surface area (TPSA) is 59.8 Å². The molecule has 1 N–H and O–H groups in total. The van der Waals surface area contributed by atoms with E-state index in [0.29, 0.717) is 23.0 Å². The fraction of sp³-hybridized carbons (Fsp3) is 0.471. The number of hydrogen-bond acceptors (Lipinski definition) is 3. The van der Waals surface area contributed by atoms with Gasteiger partial charge in [0.05, 0.1) is 11.4 Å². The van der Waals surface area contributed by atoms with Gasteiger partial charge in [-0.25, -0.2) is 9.67 Å². The standard InChI is InChI=1S/C17H19ClN4O/c18-14-3-4-16(22-10-19-9-20-22)15(8-14)21-17(23)7-13-6-11-1-2-12(13)5-11/h3-4,8-13H,1-2,5-7H2,(H,21,23). The van der Waals surface area contributed by atoms with Crippen LogP contribution in [-0.4, -0.2) is 20.7 Å². The summed E-state index contributed by atoms with van der Waals surface area (Å²) in [7, 11) is 0. The van der Waals surface area contributed by atoms with E-state index in [1.54, 1.807) is 23.1 Å². The second-order valence-electron chi connectivity index (χ2n) is 6.69. The van der Waals surface area contributed by atoms with Crippen molar-refractivity contribution in [2.75, 3.05) is 5.32 Å². The van der Waals surface area contributed by atoms with Gasteiger partial charge in [0.2, 0.25) is 5.91 Å². The molecule has 2 aromatic rings. The molecule has 120 valence electrons. The smallest absolute Gasteiger partial charge is 0.224 e. The van der Waals surface area contributed by atoms with Crippen LogP contribution in [0.4, 0.5) is 5.69 Å². The lowest BCUT2D eigenvalue weighted by Gasteiger charge is -2.21. The van der Waals surface area contributed by atoms with Crippen molar-refractivity contribution in [2.24, 2.45) is 17.8 Å². The Bertz CT molecular complexity index is 715. The Balaban J connectivity index is 1.49. The third-order valence-electron chi connectivity index (χ3n) is 5.23. The van der Waals surface area contributed by atoms with Gasteiger partial charge in [-0.2, -0.15) is 5.10 Å². The number of rotatable bonds is 4. The molecule has 2 saturated carbocycles. The molecule has 1 aromatic carbocycles. The van der Waals surface area contributed by atoms with Crippen LogP contribution in [0.3, 0.4) is 0 Å². The lowest BCUT2D eigenvalue weighted by molar-refractivity contribution is -0.117. The Morgan fingerprint density at radius 1 is 1.35 bits per heavy atom. The summed E-state index contributed by atoms with van der Waals surface area (Å²) in [5.41, 5.74) is 1.45. The molecule has 2 aliphatic carbocycles. The second kappa shape index (κ2) is 5.96. The van der Waals surface area contributed by atoms with E-state index in [2.05, 4.69) is 15.4 Å². The van der Waals surface area contributed by atoms with Gasteiger partial charge < -0.3 is 5.32 Å². The van der Waals surface area contributed by atoms with Gasteiger partial charge in [-0.1, -0.05) is 18.0 Å². The first-order valence-corrected chi connectivity index (χ1v) is 8.51. The predicted molar refractivity (Wildman–Crippen MR) is 88.6 cm³/mol. The SMILES string of the molecule is O=C(CC1CC2CCC1C2)Nc1cc(Cl)ccc1-n1cncn1. The Kier molecular flexibility index (Phi) is 3.81. The maximum absolute atomic E-state index is 12.5. The zero-order valence-electron chi connectivity index (χ0n) is 12.8. The molecule has 3 atom stereocenters. The largest absolute Gasteiger partial charge is 0.324 e. The van der Waals surface area contributed by atoms with Crippen molar-refractivity contribution in [1.82, 2.24) is 14.8 Å². The molecule has 0 spiro atoms. The summed E-state index contributed by atoms with van der Waals surface area (Å²) in [5.74, 6) is 2.21. The summed E-state index contributed by atoms with van der Waals surface area (Å²) in [4.78, 5) is 16.4. The molecular weight excluding hydrogens is 312 g/mol. The van der Waals surface area contributed by atoms with Crippen LogP contribution in [0.2, 0.25) is 5.02 Å². The normalized spacial score (nSPS) is 25.7. The van der Waals surface area contributed by atoms with Gasteiger partial charge in [-0.15, -0.1) is 0 Å². The van der Waals surface area contributed by atoms with Crippen LogP contribution in [0.15, 0.2) is 30.9 Å². The van der Waals surface area contributed by atoms with Crippen LogP contribution in [0.1, 0.15) is 32.1 Å². The zero-order chi connectivity index (χ0) is 15.8. The zero-order valence-corrected chi connectivity index (χ0v) is 13.5. The molecule has 3 unspecified atom stereocenters. The van der Waals surface area contributed by atoms with Gasteiger partial charge in [0.1, 0.15) is 12.7 Å². The van der Waals surface area contributed by atoms with E-state index in [9.17, 15) is 4.79 Å². The van der Waals surface area contributed by atoms with Crippen LogP contribution < -0.4 is 5.32 Å². The lowest BCUT2D eigenvalue weighted by Crippen LogP contribution is -2.21. The predicted octanol–water partition coefficient (Wildman–Crippen LogP) is 3.69. The highest BCUT2D eigenvalue weighted by Gasteiger charge is 2.40. The van der Waals surface area contributed by atoms with Gasteiger partial charge in [0, 0.05) is 11.4 Å². The molecular formula is C17H19ClN4O. The molecule has 2 aliphatic rings. The van der Waals surface area contributed by atoms with Crippen molar-refractivity contribution in [3.63, 3.8) is 0 Å². The average Bonchev–Trinajstić information content (AvgIpc) is 3.25. The summed E-state index contributed by atoms with van der Waals surface area (Å²) < 4.78 is 1.63. The summed E-state index contributed by atoms with van der Waals surface area (Å²) in [5, 5.41) is 7.73. The Morgan fingerprint density at radius 2 is 2.26 bits per heavy atom. The second-order valence-corrected chi connectivity index (χ2v) is 7.13. The summed E-state index contributed by atoms with van der Waals surface area (Å²) in [6.45, 7) is 0. The highest BCUT2D eigenvalue weighted by atomic mass is 35.5. The van der Waals surface area contributed by atoms with Crippen molar-refractivity contribution >= 4 is 23.2 Å².